The van der Waals surface area contributed by atoms with Crippen LogP contribution in [0.2, 0.25) is 0 Å². The zero-order valence-electron chi connectivity index (χ0n) is 16.2. The highest BCUT2D eigenvalue weighted by atomic mass is 16.5. The fourth-order valence-corrected chi connectivity index (χ4v) is 3.64. The summed E-state index contributed by atoms with van der Waals surface area (Å²) in [6.45, 7) is 6.86. The minimum absolute atomic E-state index is 0.0192. The fourth-order valence-electron chi connectivity index (χ4n) is 3.64. The minimum atomic E-state index is -0.0192. The number of hydrogen-bond acceptors (Lipinski definition) is 3. The van der Waals surface area contributed by atoms with Crippen LogP contribution in [0, 0.1) is 5.92 Å². The zero-order chi connectivity index (χ0) is 18.9. The van der Waals surface area contributed by atoms with E-state index in [1.54, 1.807) is 0 Å². The Labute approximate surface area is 162 Å². The van der Waals surface area contributed by atoms with Crippen LogP contribution < -0.4 is 10.1 Å². The molecule has 1 heterocycles. The van der Waals surface area contributed by atoms with Gasteiger partial charge >= 0.3 is 0 Å². The molecule has 1 N–H and O–H groups in total. The number of carbonyl (C=O) groups is 1. The van der Waals surface area contributed by atoms with Crippen molar-refractivity contribution in [3.8, 4) is 5.75 Å². The number of carbonyl (C=O) groups excluding carboxylic acids is 1. The van der Waals surface area contributed by atoms with Gasteiger partial charge in [0.1, 0.15) is 12.4 Å². The predicted molar refractivity (Wildman–Crippen MR) is 109 cm³/mol. The molecule has 0 saturated carbocycles. The number of likely N-dealkylation sites (tertiary alicyclic amines) is 1. The van der Waals surface area contributed by atoms with E-state index in [1.807, 2.05) is 54.6 Å². The fraction of sp³-hybridized carbons (Fsp3) is 0.435. The molecule has 4 heteroatoms. The zero-order valence-corrected chi connectivity index (χ0v) is 16.2. The summed E-state index contributed by atoms with van der Waals surface area (Å²) in [5.41, 5.74) is 1.60. The van der Waals surface area contributed by atoms with Crippen molar-refractivity contribution in [3.05, 3.63) is 65.7 Å². The Morgan fingerprint density at radius 2 is 1.93 bits per heavy atom. The van der Waals surface area contributed by atoms with Gasteiger partial charge in [-0.05, 0) is 56.5 Å². The SMILES string of the molecule is CC1CCCN(CCCNC(=O)c2ccccc2COc2ccccc2)C1. The van der Waals surface area contributed by atoms with E-state index in [4.69, 9.17) is 4.74 Å². The van der Waals surface area contributed by atoms with Crippen LogP contribution in [0.15, 0.2) is 54.6 Å². The van der Waals surface area contributed by atoms with E-state index in [-0.39, 0.29) is 5.91 Å². The third-order valence-corrected chi connectivity index (χ3v) is 5.08. The van der Waals surface area contributed by atoms with Crippen molar-refractivity contribution in [1.82, 2.24) is 10.2 Å². The lowest BCUT2D eigenvalue weighted by atomic mass is 10.0. The van der Waals surface area contributed by atoms with E-state index in [9.17, 15) is 4.79 Å². The van der Waals surface area contributed by atoms with Gasteiger partial charge in [-0.25, -0.2) is 0 Å². The molecule has 2 aromatic carbocycles. The monoisotopic (exact) mass is 366 g/mol. The Kier molecular flexibility index (Phi) is 7.28. The highest BCUT2D eigenvalue weighted by Gasteiger charge is 2.16. The molecule has 0 radical (unpaired) electrons. The van der Waals surface area contributed by atoms with Gasteiger partial charge in [0, 0.05) is 24.2 Å². The van der Waals surface area contributed by atoms with Crippen LogP contribution in [0.5, 0.6) is 5.75 Å². The van der Waals surface area contributed by atoms with Crippen molar-refractivity contribution in [3.63, 3.8) is 0 Å². The lowest BCUT2D eigenvalue weighted by Gasteiger charge is -2.30. The third kappa shape index (κ3) is 6.10. The van der Waals surface area contributed by atoms with Gasteiger partial charge in [0.25, 0.3) is 5.91 Å². The second-order valence-corrected chi connectivity index (χ2v) is 7.42. The van der Waals surface area contributed by atoms with Gasteiger partial charge in [-0.2, -0.15) is 0 Å². The topological polar surface area (TPSA) is 41.6 Å². The Balaban J connectivity index is 1.46. The molecule has 0 aromatic heterocycles. The smallest absolute Gasteiger partial charge is 0.251 e. The maximum atomic E-state index is 12.6. The van der Waals surface area contributed by atoms with Crippen molar-refractivity contribution < 1.29 is 9.53 Å². The first-order chi connectivity index (χ1) is 13.2. The van der Waals surface area contributed by atoms with Crippen LogP contribution in [0.1, 0.15) is 42.1 Å². The van der Waals surface area contributed by atoms with Gasteiger partial charge in [-0.1, -0.05) is 43.3 Å². The Morgan fingerprint density at radius 1 is 1.15 bits per heavy atom. The van der Waals surface area contributed by atoms with Crippen molar-refractivity contribution in [1.29, 1.82) is 0 Å². The first-order valence-corrected chi connectivity index (χ1v) is 9.98. The molecule has 1 unspecified atom stereocenters. The molecular formula is C23H30N2O2. The first-order valence-electron chi connectivity index (χ1n) is 9.98. The van der Waals surface area contributed by atoms with E-state index in [1.165, 1.54) is 25.9 Å². The van der Waals surface area contributed by atoms with Crippen molar-refractivity contribution in [2.75, 3.05) is 26.2 Å². The highest BCUT2D eigenvalue weighted by Crippen LogP contribution is 2.16. The lowest BCUT2D eigenvalue weighted by molar-refractivity contribution is 0.0947. The van der Waals surface area contributed by atoms with Crippen molar-refractivity contribution in [2.24, 2.45) is 5.92 Å². The van der Waals surface area contributed by atoms with Crippen LogP contribution in [0.4, 0.5) is 0 Å². The molecule has 1 fully saturated rings. The molecule has 1 saturated heterocycles. The van der Waals surface area contributed by atoms with Gasteiger partial charge in [0.2, 0.25) is 0 Å². The van der Waals surface area contributed by atoms with E-state index in [2.05, 4.69) is 17.1 Å². The molecule has 0 bridgehead atoms. The quantitative estimate of drug-likeness (QED) is 0.715. The number of rotatable bonds is 8. The van der Waals surface area contributed by atoms with Gasteiger partial charge in [-0.3, -0.25) is 4.79 Å². The van der Waals surface area contributed by atoms with E-state index in [0.717, 1.165) is 30.2 Å². The van der Waals surface area contributed by atoms with E-state index >= 15 is 0 Å². The highest BCUT2D eigenvalue weighted by molar-refractivity contribution is 5.95. The molecule has 4 nitrogen and oxygen atoms in total. The molecule has 1 amide bonds. The summed E-state index contributed by atoms with van der Waals surface area (Å²) in [5.74, 6) is 1.59. The molecule has 144 valence electrons. The van der Waals surface area contributed by atoms with Gasteiger partial charge in [-0.15, -0.1) is 0 Å². The predicted octanol–water partition coefficient (Wildman–Crippen LogP) is 4.12. The normalized spacial score (nSPS) is 17.4. The van der Waals surface area contributed by atoms with Gasteiger partial charge in [0.15, 0.2) is 0 Å². The summed E-state index contributed by atoms with van der Waals surface area (Å²) in [7, 11) is 0. The summed E-state index contributed by atoms with van der Waals surface area (Å²) in [4.78, 5) is 15.1. The Bertz CT molecular complexity index is 717. The summed E-state index contributed by atoms with van der Waals surface area (Å²) < 4.78 is 5.81. The Hall–Kier alpha value is -2.33. The summed E-state index contributed by atoms with van der Waals surface area (Å²) >= 11 is 0. The molecule has 3 rings (SSSR count). The number of benzene rings is 2. The minimum Gasteiger partial charge on any atom is -0.489 e. The van der Waals surface area contributed by atoms with E-state index < -0.39 is 0 Å². The molecule has 0 aliphatic carbocycles. The van der Waals surface area contributed by atoms with E-state index in [0.29, 0.717) is 18.7 Å². The van der Waals surface area contributed by atoms with Gasteiger partial charge < -0.3 is 15.0 Å². The average Bonchev–Trinajstić information content (AvgIpc) is 2.70. The average molecular weight is 367 g/mol. The van der Waals surface area contributed by atoms with Crippen LogP contribution in [0.3, 0.4) is 0 Å². The molecule has 1 atom stereocenters. The summed E-state index contributed by atoms with van der Waals surface area (Å²) in [6.07, 6.45) is 3.62. The number of para-hydroxylation sites is 1. The number of nitrogens with one attached hydrogen (secondary N) is 1. The Morgan fingerprint density at radius 3 is 2.74 bits per heavy atom. The molecular weight excluding hydrogens is 336 g/mol. The van der Waals surface area contributed by atoms with Gasteiger partial charge in [0.05, 0.1) is 0 Å². The standard InChI is InChI=1S/C23H30N2O2/c1-19-9-7-15-25(17-19)16-8-14-24-23(26)22-13-6-5-10-20(22)18-27-21-11-3-2-4-12-21/h2-6,10-13,19H,7-9,14-18H2,1H3,(H,24,26). The number of hydrogen-bond donors (Lipinski definition) is 1. The maximum Gasteiger partial charge on any atom is 0.251 e. The second-order valence-electron chi connectivity index (χ2n) is 7.42. The third-order valence-electron chi connectivity index (χ3n) is 5.08. The first kappa shape index (κ1) is 19.4. The number of piperidine rings is 1. The molecule has 0 spiro atoms. The largest absolute Gasteiger partial charge is 0.489 e. The summed E-state index contributed by atoms with van der Waals surface area (Å²) in [5, 5.41) is 3.07. The number of amides is 1. The molecule has 1 aliphatic heterocycles. The number of ether oxygens (including phenoxy) is 1. The molecule has 27 heavy (non-hydrogen) atoms. The maximum absolute atomic E-state index is 12.6. The van der Waals surface area contributed by atoms with Crippen LogP contribution in [-0.4, -0.2) is 37.0 Å². The molecule has 1 aliphatic rings. The van der Waals surface area contributed by atoms with Crippen molar-refractivity contribution >= 4 is 5.91 Å². The number of nitrogens with zero attached hydrogens (tertiary/aromatic N) is 1. The van der Waals surface area contributed by atoms with Crippen molar-refractivity contribution in [2.45, 2.75) is 32.8 Å². The summed E-state index contributed by atoms with van der Waals surface area (Å²) in [6, 6.07) is 17.3. The second kappa shape index (κ2) is 10.1. The lowest BCUT2D eigenvalue weighted by Crippen LogP contribution is -2.36. The van der Waals surface area contributed by atoms with Crippen LogP contribution in [-0.2, 0) is 6.61 Å². The van der Waals surface area contributed by atoms with Crippen LogP contribution >= 0.6 is 0 Å². The molecule has 2 aromatic rings. The van der Waals surface area contributed by atoms with Crippen LogP contribution in [0.25, 0.3) is 0 Å².